The Morgan fingerprint density at radius 3 is 2.20 bits per heavy atom. The predicted molar refractivity (Wildman–Crippen MR) is 133 cm³/mol. The predicted octanol–water partition coefficient (Wildman–Crippen LogP) is 5.38. The zero-order valence-electron chi connectivity index (χ0n) is 19.4. The topological polar surface area (TPSA) is 85.3 Å². The second kappa shape index (κ2) is 10.1. The Balaban J connectivity index is 1.92. The third kappa shape index (κ3) is 4.55. The number of aliphatic hydroxyl groups excluding tert-OH is 1. The maximum Gasteiger partial charge on any atom is 0.300 e. The smallest absolute Gasteiger partial charge is 0.300 e. The molecular weight excluding hydrogens is 470 g/mol. The van der Waals surface area contributed by atoms with Gasteiger partial charge in [0.05, 0.1) is 38.0 Å². The van der Waals surface area contributed by atoms with Crippen molar-refractivity contribution in [2.45, 2.75) is 13.0 Å². The molecule has 0 radical (unpaired) electrons. The minimum atomic E-state index is -0.890. The van der Waals surface area contributed by atoms with E-state index in [2.05, 4.69) is 0 Å². The fourth-order valence-electron chi connectivity index (χ4n) is 4.07. The number of halogens is 1. The number of hydrogen-bond donors (Lipinski definition) is 1. The van der Waals surface area contributed by atoms with Crippen LogP contribution >= 0.6 is 11.6 Å². The van der Waals surface area contributed by atoms with Gasteiger partial charge < -0.3 is 19.3 Å². The van der Waals surface area contributed by atoms with E-state index in [1.54, 1.807) is 66.7 Å². The Kier molecular flexibility index (Phi) is 6.98. The second-order valence-electron chi connectivity index (χ2n) is 7.71. The zero-order valence-corrected chi connectivity index (χ0v) is 20.2. The van der Waals surface area contributed by atoms with Gasteiger partial charge in [-0.1, -0.05) is 23.7 Å². The first-order valence-corrected chi connectivity index (χ1v) is 11.3. The summed E-state index contributed by atoms with van der Waals surface area (Å²) in [6.45, 7) is 2.38. The van der Waals surface area contributed by atoms with E-state index in [0.29, 0.717) is 40.1 Å². The molecule has 0 spiro atoms. The highest BCUT2D eigenvalue weighted by molar-refractivity contribution is 6.51. The van der Waals surface area contributed by atoms with Crippen LogP contribution in [0.5, 0.6) is 17.2 Å². The molecular formula is C27H24ClNO6. The standard InChI is InChI=1S/C27H24ClNO6/c1-4-35-19-11-5-16(6-12-19)24-23(25(30)21-14-13-20(33-2)15-22(21)34-3)26(31)27(32)29(24)18-9-7-17(28)8-10-18/h5-15,24,30H,4H2,1-3H3/b25-23-. The minimum Gasteiger partial charge on any atom is -0.507 e. The number of ether oxygens (including phenoxy) is 3. The van der Waals surface area contributed by atoms with Gasteiger partial charge in [0.1, 0.15) is 23.0 Å². The van der Waals surface area contributed by atoms with Crippen LogP contribution in [-0.2, 0) is 9.59 Å². The molecule has 1 N–H and O–H groups in total. The van der Waals surface area contributed by atoms with Gasteiger partial charge in [-0.2, -0.15) is 0 Å². The Labute approximate surface area is 208 Å². The van der Waals surface area contributed by atoms with Gasteiger partial charge >= 0.3 is 0 Å². The van der Waals surface area contributed by atoms with E-state index < -0.39 is 17.7 Å². The fraction of sp³-hybridized carbons (Fsp3) is 0.185. The molecule has 7 nitrogen and oxygen atoms in total. The SMILES string of the molecule is CCOc1ccc(C2/C(=C(/O)c3ccc(OC)cc3OC)C(=O)C(=O)N2c2ccc(Cl)cc2)cc1. The van der Waals surface area contributed by atoms with Crippen LogP contribution in [-0.4, -0.2) is 37.6 Å². The van der Waals surface area contributed by atoms with Gasteiger partial charge in [-0.15, -0.1) is 0 Å². The third-order valence-corrected chi connectivity index (χ3v) is 5.97. The van der Waals surface area contributed by atoms with Crippen LogP contribution in [0.3, 0.4) is 0 Å². The average Bonchev–Trinajstić information content (AvgIpc) is 3.14. The highest BCUT2D eigenvalue weighted by Crippen LogP contribution is 2.44. The number of carbonyl (C=O) groups is 2. The molecule has 3 aromatic rings. The van der Waals surface area contributed by atoms with Crippen molar-refractivity contribution in [1.82, 2.24) is 0 Å². The van der Waals surface area contributed by atoms with Crippen LogP contribution in [0.25, 0.3) is 5.76 Å². The number of benzene rings is 3. The zero-order chi connectivity index (χ0) is 25.1. The maximum absolute atomic E-state index is 13.3. The number of anilines is 1. The van der Waals surface area contributed by atoms with E-state index in [0.717, 1.165) is 0 Å². The maximum atomic E-state index is 13.3. The molecule has 0 aliphatic carbocycles. The number of Topliss-reactive ketones (excluding diaryl/α,β-unsaturated/α-hetero) is 1. The number of carbonyl (C=O) groups excluding carboxylic acids is 2. The van der Waals surface area contributed by atoms with Gasteiger partial charge in [0, 0.05) is 16.8 Å². The monoisotopic (exact) mass is 493 g/mol. The van der Waals surface area contributed by atoms with E-state index >= 15 is 0 Å². The molecule has 4 rings (SSSR count). The molecule has 0 saturated carbocycles. The number of rotatable bonds is 7. The summed E-state index contributed by atoms with van der Waals surface area (Å²) in [6.07, 6.45) is 0. The summed E-state index contributed by atoms with van der Waals surface area (Å²) in [7, 11) is 2.96. The second-order valence-corrected chi connectivity index (χ2v) is 8.15. The highest BCUT2D eigenvalue weighted by Gasteiger charge is 2.47. The summed E-state index contributed by atoms with van der Waals surface area (Å²) in [5, 5.41) is 11.9. The summed E-state index contributed by atoms with van der Waals surface area (Å²) < 4.78 is 16.2. The van der Waals surface area contributed by atoms with Crippen molar-refractivity contribution in [3.05, 3.63) is 88.5 Å². The van der Waals surface area contributed by atoms with Crippen molar-refractivity contribution in [3.8, 4) is 17.2 Å². The Morgan fingerprint density at radius 1 is 0.943 bits per heavy atom. The summed E-state index contributed by atoms with van der Waals surface area (Å²) in [5.74, 6) is -0.461. The fourth-order valence-corrected chi connectivity index (χ4v) is 4.19. The molecule has 35 heavy (non-hydrogen) atoms. The lowest BCUT2D eigenvalue weighted by Gasteiger charge is -2.25. The third-order valence-electron chi connectivity index (χ3n) is 5.72. The summed E-state index contributed by atoms with van der Waals surface area (Å²) in [5.41, 5.74) is 1.30. The van der Waals surface area contributed by atoms with Gasteiger partial charge in [-0.25, -0.2) is 0 Å². The van der Waals surface area contributed by atoms with Crippen molar-refractivity contribution >= 4 is 34.7 Å². The van der Waals surface area contributed by atoms with Crippen molar-refractivity contribution in [2.24, 2.45) is 0 Å². The van der Waals surface area contributed by atoms with E-state index in [4.69, 9.17) is 25.8 Å². The lowest BCUT2D eigenvalue weighted by atomic mass is 9.94. The molecule has 1 heterocycles. The minimum absolute atomic E-state index is 0.0578. The number of methoxy groups -OCH3 is 2. The van der Waals surface area contributed by atoms with E-state index in [1.165, 1.54) is 19.1 Å². The Bertz CT molecular complexity index is 1280. The van der Waals surface area contributed by atoms with Gasteiger partial charge in [0.15, 0.2) is 0 Å². The number of amides is 1. The molecule has 1 unspecified atom stereocenters. The molecule has 0 bridgehead atoms. The first kappa shape index (κ1) is 24.2. The number of nitrogens with zero attached hydrogens (tertiary/aromatic N) is 1. The summed E-state index contributed by atoms with van der Waals surface area (Å²) >= 11 is 6.04. The molecule has 1 amide bonds. The molecule has 0 aromatic heterocycles. The van der Waals surface area contributed by atoms with Gasteiger partial charge in [0.2, 0.25) is 0 Å². The number of ketones is 1. The molecule has 1 aliphatic rings. The highest BCUT2D eigenvalue weighted by atomic mass is 35.5. The van der Waals surface area contributed by atoms with Crippen molar-refractivity contribution < 1.29 is 28.9 Å². The first-order valence-electron chi connectivity index (χ1n) is 10.9. The Hall–Kier alpha value is -3.97. The van der Waals surface area contributed by atoms with E-state index in [1.807, 2.05) is 6.92 Å². The molecule has 1 fully saturated rings. The van der Waals surface area contributed by atoms with E-state index in [9.17, 15) is 14.7 Å². The molecule has 1 aliphatic heterocycles. The molecule has 1 saturated heterocycles. The lowest BCUT2D eigenvalue weighted by molar-refractivity contribution is -0.132. The van der Waals surface area contributed by atoms with Gasteiger partial charge in [-0.05, 0) is 61.0 Å². The normalized spacial score (nSPS) is 16.9. The van der Waals surface area contributed by atoms with Crippen LogP contribution in [0.1, 0.15) is 24.1 Å². The van der Waals surface area contributed by atoms with Crippen LogP contribution in [0.2, 0.25) is 5.02 Å². The number of hydrogen-bond acceptors (Lipinski definition) is 6. The summed E-state index contributed by atoms with van der Waals surface area (Å²) in [4.78, 5) is 27.9. The molecule has 3 aromatic carbocycles. The van der Waals surface area contributed by atoms with Crippen LogP contribution in [0.4, 0.5) is 5.69 Å². The first-order chi connectivity index (χ1) is 16.9. The molecule has 8 heteroatoms. The van der Waals surface area contributed by atoms with Crippen LogP contribution < -0.4 is 19.1 Å². The summed E-state index contributed by atoms with van der Waals surface area (Å²) in [6, 6.07) is 17.6. The van der Waals surface area contributed by atoms with Crippen molar-refractivity contribution in [1.29, 1.82) is 0 Å². The Morgan fingerprint density at radius 2 is 1.60 bits per heavy atom. The largest absolute Gasteiger partial charge is 0.507 e. The molecule has 1 atom stereocenters. The van der Waals surface area contributed by atoms with Crippen LogP contribution in [0, 0.1) is 0 Å². The van der Waals surface area contributed by atoms with E-state index in [-0.39, 0.29) is 16.9 Å². The lowest BCUT2D eigenvalue weighted by Crippen LogP contribution is -2.29. The number of aliphatic hydroxyl groups is 1. The quantitative estimate of drug-likeness (QED) is 0.270. The van der Waals surface area contributed by atoms with Crippen LogP contribution in [0.15, 0.2) is 72.3 Å². The van der Waals surface area contributed by atoms with Crippen molar-refractivity contribution in [3.63, 3.8) is 0 Å². The average molecular weight is 494 g/mol. The molecule has 180 valence electrons. The van der Waals surface area contributed by atoms with Gasteiger partial charge in [0.25, 0.3) is 11.7 Å². The van der Waals surface area contributed by atoms with Gasteiger partial charge in [-0.3, -0.25) is 14.5 Å². The van der Waals surface area contributed by atoms with Crippen molar-refractivity contribution in [2.75, 3.05) is 25.7 Å².